The summed E-state index contributed by atoms with van der Waals surface area (Å²) >= 11 is 0. The molecule has 0 heterocycles. The molecule has 0 radical (unpaired) electrons. The first-order valence-corrected chi connectivity index (χ1v) is 5.07. The summed E-state index contributed by atoms with van der Waals surface area (Å²) in [4.78, 5) is 0. The molecule has 2 nitrogen and oxygen atoms in total. The van der Waals surface area contributed by atoms with Crippen LogP contribution in [0.15, 0.2) is 42.5 Å². The number of hydrogen-bond donors (Lipinski definition) is 1. The van der Waals surface area contributed by atoms with Gasteiger partial charge in [-0.15, -0.1) is 0 Å². The van der Waals surface area contributed by atoms with Gasteiger partial charge in [-0.3, -0.25) is 0 Å². The predicted molar refractivity (Wildman–Crippen MR) is 61.5 cm³/mol. The molecular weight excluding hydrogens is 224 g/mol. The van der Waals surface area contributed by atoms with Gasteiger partial charge < -0.3 is 10.5 Å². The molecule has 0 aliphatic carbocycles. The van der Waals surface area contributed by atoms with Crippen molar-refractivity contribution in [1.82, 2.24) is 0 Å². The Kier molecular flexibility index (Phi) is 3.23. The third-order valence-corrected chi connectivity index (χ3v) is 2.30. The van der Waals surface area contributed by atoms with Gasteiger partial charge in [-0.1, -0.05) is 12.1 Å². The van der Waals surface area contributed by atoms with Crippen molar-refractivity contribution in [3.8, 4) is 5.75 Å². The van der Waals surface area contributed by atoms with E-state index in [1.807, 2.05) is 0 Å². The molecule has 0 aliphatic heterocycles. The first-order valence-electron chi connectivity index (χ1n) is 5.07. The quantitative estimate of drug-likeness (QED) is 0.829. The Morgan fingerprint density at radius 2 is 1.76 bits per heavy atom. The summed E-state index contributed by atoms with van der Waals surface area (Å²) in [5.74, 6) is -0.347. The smallest absolute Gasteiger partial charge is 0.126 e. The Morgan fingerprint density at radius 1 is 1.00 bits per heavy atom. The normalized spacial score (nSPS) is 10.2. The molecule has 0 fully saturated rings. The van der Waals surface area contributed by atoms with Crippen LogP contribution in [0.3, 0.4) is 0 Å². The molecule has 2 aromatic carbocycles. The summed E-state index contributed by atoms with van der Waals surface area (Å²) in [6, 6.07) is 9.88. The lowest BCUT2D eigenvalue weighted by molar-refractivity contribution is 0.305. The van der Waals surface area contributed by atoms with Crippen LogP contribution in [0, 0.1) is 11.6 Å². The fourth-order valence-corrected chi connectivity index (χ4v) is 1.42. The second-order valence-corrected chi connectivity index (χ2v) is 3.59. The molecule has 0 bridgehead atoms. The number of nitrogen functional groups attached to an aromatic ring is 1. The lowest BCUT2D eigenvalue weighted by Gasteiger charge is -2.08. The van der Waals surface area contributed by atoms with Crippen molar-refractivity contribution in [2.45, 2.75) is 6.61 Å². The van der Waals surface area contributed by atoms with Crippen LogP contribution in [-0.4, -0.2) is 0 Å². The van der Waals surface area contributed by atoms with Crippen LogP contribution in [-0.2, 0) is 6.61 Å². The summed E-state index contributed by atoms with van der Waals surface area (Å²) in [6.07, 6.45) is 0. The van der Waals surface area contributed by atoms with Crippen molar-refractivity contribution in [3.63, 3.8) is 0 Å². The number of rotatable bonds is 3. The standard InChI is InChI=1S/C13H11F2NO/c14-10-2-1-3-12(6-10)17-8-9-4-5-11(15)7-13(9)16/h1-7H,8,16H2. The van der Waals surface area contributed by atoms with Gasteiger partial charge >= 0.3 is 0 Å². The number of nitrogens with two attached hydrogens (primary N) is 1. The third-order valence-electron chi connectivity index (χ3n) is 2.30. The van der Waals surface area contributed by atoms with Crippen LogP contribution in [0.5, 0.6) is 5.75 Å². The zero-order valence-corrected chi connectivity index (χ0v) is 8.99. The zero-order chi connectivity index (χ0) is 12.3. The monoisotopic (exact) mass is 235 g/mol. The largest absolute Gasteiger partial charge is 0.489 e. The average Bonchev–Trinajstić information content (AvgIpc) is 2.28. The van der Waals surface area contributed by atoms with Gasteiger partial charge in [0.25, 0.3) is 0 Å². The van der Waals surface area contributed by atoms with E-state index in [0.717, 1.165) is 0 Å². The fourth-order valence-electron chi connectivity index (χ4n) is 1.42. The minimum Gasteiger partial charge on any atom is -0.489 e. The number of anilines is 1. The SMILES string of the molecule is Nc1cc(F)ccc1COc1cccc(F)c1. The van der Waals surface area contributed by atoms with Crippen LogP contribution in [0.25, 0.3) is 0 Å². The second-order valence-electron chi connectivity index (χ2n) is 3.59. The molecule has 0 amide bonds. The molecule has 2 N–H and O–H groups in total. The van der Waals surface area contributed by atoms with Crippen molar-refractivity contribution >= 4 is 5.69 Å². The van der Waals surface area contributed by atoms with Crippen molar-refractivity contribution in [2.24, 2.45) is 0 Å². The summed E-state index contributed by atoms with van der Waals surface area (Å²) < 4.78 is 31.0. The Balaban J connectivity index is 2.07. The maximum absolute atomic E-state index is 12.9. The van der Waals surface area contributed by atoms with Gasteiger partial charge in [0.15, 0.2) is 0 Å². The number of ether oxygens (including phenoxy) is 1. The first kappa shape index (κ1) is 11.4. The number of benzene rings is 2. The molecular formula is C13H11F2NO. The topological polar surface area (TPSA) is 35.2 Å². The molecule has 88 valence electrons. The molecule has 0 aromatic heterocycles. The van der Waals surface area contributed by atoms with E-state index in [2.05, 4.69) is 0 Å². The first-order chi connectivity index (χ1) is 8.15. The van der Waals surface area contributed by atoms with Crippen LogP contribution < -0.4 is 10.5 Å². The average molecular weight is 235 g/mol. The van der Waals surface area contributed by atoms with Gasteiger partial charge in [-0.2, -0.15) is 0 Å². The van der Waals surface area contributed by atoms with Crippen molar-refractivity contribution in [3.05, 3.63) is 59.7 Å². The number of halogens is 2. The Hall–Kier alpha value is -2.10. The molecule has 17 heavy (non-hydrogen) atoms. The van der Waals surface area contributed by atoms with Crippen LogP contribution in [0.2, 0.25) is 0 Å². The molecule has 2 aromatic rings. The van der Waals surface area contributed by atoms with E-state index in [1.165, 1.54) is 24.3 Å². The number of hydrogen-bond acceptors (Lipinski definition) is 2. The maximum Gasteiger partial charge on any atom is 0.126 e. The minimum absolute atomic E-state index is 0.176. The van der Waals surface area contributed by atoms with Crippen LogP contribution in [0.1, 0.15) is 5.56 Å². The molecule has 2 rings (SSSR count). The minimum atomic E-state index is -0.392. The van der Waals surface area contributed by atoms with Crippen LogP contribution in [0.4, 0.5) is 14.5 Å². The summed E-state index contributed by atoms with van der Waals surface area (Å²) in [7, 11) is 0. The van der Waals surface area contributed by atoms with E-state index < -0.39 is 5.82 Å². The van der Waals surface area contributed by atoms with E-state index in [9.17, 15) is 8.78 Å². The highest BCUT2D eigenvalue weighted by atomic mass is 19.1. The highest BCUT2D eigenvalue weighted by Gasteiger charge is 2.02. The lowest BCUT2D eigenvalue weighted by Crippen LogP contribution is -2.00. The molecule has 0 saturated carbocycles. The predicted octanol–water partition coefficient (Wildman–Crippen LogP) is 3.13. The lowest BCUT2D eigenvalue weighted by atomic mass is 10.2. The van der Waals surface area contributed by atoms with Gasteiger partial charge in [0.2, 0.25) is 0 Å². The molecule has 0 saturated heterocycles. The molecule has 0 atom stereocenters. The maximum atomic E-state index is 12.9. The fraction of sp³-hybridized carbons (Fsp3) is 0.0769. The third kappa shape index (κ3) is 2.93. The van der Waals surface area contributed by atoms with E-state index in [-0.39, 0.29) is 12.4 Å². The molecule has 0 aliphatic rings. The molecule has 0 spiro atoms. The molecule has 4 heteroatoms. The Bertz CT molecular complexity index is 529. The van der Waals surface area contributed by atoms with Gasteiger partial charge in [-0.05, 0) is 24.3 Å². The van der Waals surface area contributed by atoms with Gasteiger partial charge in [0.05, 0.1) is 0 Å². The summed E-state index contributed by atoms with van der Waals surface area (Å²) in [6.45, 7) is 0.176. The molecule has 0 unspecified atom stereocenters. The van der Waals surface area contributed by atoms with Gasteiger partial charge in [-0.25, -0.2) is 8.78 Å². The van der Waals surface area contributed by atoms with Crippen molar-refractivity contribution in [1.29, 1.82) is 0 Å². The van der Waals surface area contributed by atoms with Gasteiger partial charge in [0, 0.05) is 17.3 Å². The van der Waals surface area contributed by atoms with E-state index in [4.69, 9.17) is 10.5 Å². The van der Waals surface area contributed by atoms with Crippen molar-refractivity contribution in [2.75, 3.05) is 5.73 Å². The highest BCUT2D eigenvalue weighted by molar-refractivity contribution is 5.46. The Labute approximate surface area is 97.6 Å². The van der Waals surface area contributed by atoms with Crippen LogP contribution >= 0.6 is 0 Å². The Morgan fingerprint density at radius 3 is 2.47 bits per heavy atom. The van der Waals surface area contributed by atoms with E-state index in [1.54, 1.807) is 18.2 Å². The summed E-state index contributed by atoms with van der Waals surface area (Å²) in [5, 5.41) is 0. The highest BCUT2D eigenvalue weighted by Crippen LogP contribution is 2.18. The van der Waals surface area contributed by atoms with Crippen molar-refractivity contribution < 1.29 is 13.5 Å². The van der Waals surface area contributed by atoms with Gasteiger partial charge in [0.1, 0.15) is 24.0 Å². The second kappa shape index (κ2) is 4.82. The summed E-state index contributed by atoms with van der Waals surface area (Å²) in [5.41, 5.74) is 6.60. The zero-order valence-electron chi connectivity index (χ0n) is 8.99. The van der Waals surface area contributed by atoms with E-state index in [0.29, 0.717) is 17.0 Å². The van der Waals surface area contributed by atoms with E-state index >= 15 is 0 Å².